The monoisotopic (exact) mass is 310 g/mol. The van der Waals surface area contributed by atoms with E-state index in [1.54, 1.807) is 0 Å². The van der Waals surface area contributed by atoms with Crippen LogP contribution in [-0.4, -0.2) is 15.0 Å². The van der Waals surface area contributed by atoms with Gasteiger partial charge in [-0.1, -0.05) is 23.5 Å². The number of hydrogen-bond acceptors (Lipinski definition) is 7. The molecule has 2 rings (SSSR count). The highest BCUT2D eigenvalue weighted by Gasteiger charge is 2.25. The molecular formula is C12H10N2O6S. The van der Waals surface area contributed by atoms with Gasteiger partial charge in [-0.15, -0.1) is 0 Å². The number of nitro groups is 2. The summed E-state index contributed by atoms with van der Waals surface area (Å²) in [4.78, 5) is 20.9. The highest BCUT2D eigenvalue weighted by molar-refractivity contribution is 7.14. The van der Waals surface area contributed by atoms with Crippen LogP contribution >= 0.6 is 11.3 Å². The van der Waals surface area contributed by atoms with E-state index in [2.05, 4.69) is 0 Å². The van der Waals surface area contributed by atoms with Crippen LogP contribution in [0.25, 0.3) is 0 Å². The fourth-order valence-electron chi connectivity index (χ4n) is 1.58. The first-order valence-corrected chi connectivity index (χ1v) is 6.59. The number of ether oxygens (including phenoxy) is 1. The van der Waals surface area contributed by atoms with Crippen molar-refractivity contribution in [1.82, 2.24) is 0 Å². The van der Waals surface area contributed by atoms with Gasteiger partial charge in [0.05, 0.1) is 16.0 Å². The Morgan fingerprint density at radius 2 is 1.81 bits per heavy atom. The van der Waals surface area contributed by atoms with Crippen LogP contribution in [0.1, 0.15) is 17.9 Å². The Balaban J connectivity index is 2.44. The number of aliphatic hydroxyl groups is 1. The van der Waals surface area contributed by atoms with Crippen LogP contribution < -0.4 is 4.74 Å². The van der Waals surface area contributed by atoms with Crippen molar-refractivity contribution in [1.29, 1.82) is 0 Å². The number of nitro benzene ring substituents is 1. The Bertz CT molecular complexity index is 697. The van der Waals surface area contributed by atoms with Gasteiger partial charge < -0.3 is 9.84 Å². The van der Waals surface area contributed by atoms with Gasteiger partial charge in [-0.05, 0) is 13.0 Å². The predicted octanol–water partition coefficient (Wildman–Crippen LogP) is 3.41. The molecule has 0 saturated carbocycles. The third-order valence-electron chi connectivity index (χ3n) is 2.57. The molecule has 0 amide bonds. The molecule has 0 aliphatic rings. The van der Waals surface area contributed by atoms with Crippen LogP contribution in [0.3, 0.4) is 0 Å². The molecule has 1 N–H and O–H groups in total. The van der Waals surface area contributed by atoms with Gasteiger partial charge in [0.15, 0.2) is 0 Å². The summed E-state index contributed by atoms with van der Waals surface area (Å²) < 4.78 is 5.32. The SMILES string of the molecule is CC(O)c1cc([N+](=O)[O-])c(Oc2ccccc2[N+](=O)[O-])s1. The molecule has 0 saturated heterocycles. The van der Waals surface area contributed by atoms with Gasteiger partial charge in [0.2, 0.25) is 5.75 Å². The third kappa shape index (κ3) is 3.15. The molecule has 0 spiro atoms. The maximum atomic E-state index is 11.0. The van der Waals surface area contributed by atoms with E-state index in [-0.39, 0.29) is 22.2 Å². The fourth-order valence-corrected chi connectivity index (χ4v) is 2.51. The highest BCUT2D eigenvalue weighted by Crippen LogP contribution is 2.43. The van der Waals surface area contributed by atoms with Crippen molar-refractivity contribution in [2.45, 2.75) is 13.0 Å². The van der Waals surface area contributed by atoms with Crippen LogP contribution in [0.4, 0.5) is 11.4 Å². The van der Waals surface area contributed by atoms with Gasteiger partial charge >= 0.3 is 11.4 Å². The summed E-state index contributed by atoms with van der Waals surface area (Å²) in [6, 6.07) is 6.78. The first kappa shape index (κ1) is 14.9. The Morgan fingerprint density at radius 3 is 2.38 bits per heavy atom. The second-order valence-corrected chi connectivity index (χ2v) is 5.13. The van der Waals surface area contributed by atoms with E-state index in [0.717, 1.165) is 11.3 Å². The zero-order valence-corrected chi connectivity index (χ0v) is 11.6. The molecule has 0 bridgehead atoms. The van der Waals surface area contributed by atoms with E-state index in [1.807, 2.05) is 0 Å². The molecule has 2 aromatic rings. The summed E-state index contributed by atoms with van der Waals surface area (Å²) in [6.07, 6.45) is -0.892. The fraction of sp³-hybridized carbons (Fsp3) is 0.167. The van der Waals surface area contributed by atoms with Crippen molar-refractivity contribution in [3.8, 4) is 10.8 Å². The molecule has 1 heterocycles. The molecule has 9 heteroatoms. The van der Waals surface area contributed by atoms with E-state index in [4.69, 9.17) is 4.74 Å². The van der Waals surface area contributed by atoms with Gasteiger partial charge in [0, 0.05) is 17.0 Å². The average molecular weight is 310 g/mol. The summed E-state index contributed by atoms with van der Waals surface area (Å²) in [6.45, 7) is 1.46. The summed E-state index contributed by atoms with van der Waals surface area (Å²) in [5.41, 5.74) is -0.632. The normalized spacial score (nSPS) is 11.9. The van der Waals surface area contributed by atoms with E-state index in [1.165, 1.54) is 37.3 Å². The molecule has 1 atom stereocenters. The lowest BCUT2D eigenvalue weighted by Crippen LogP contribution is -1.94. The third-order valence-corrected chi connectivity index (χ3v) is 3.74. The van der Waals surface area contributed by atoms with E-state index < -0.39 is 16.0 Å². The van der Waals surface area contributed by atoms with Crippen LogP contribution in [0.15, 0.2) is 30.3 Å². The molecule has 0 fully saturated rings. The predicted molar refractivity (Wildman–Crippen MR) is 74.8 cm³/mol. The van der Waals surface area contributed by atoms with Gasteiger partial charge in [-0.3, -0.25) is 20.2 Å². The second kappa shape index (κ2) is 5.85. The number of rotatable bonds is 5. The molecule has 21 heavy (non-hydrogen) atoms. The summed E-state index contributed by atoms with van der Waals surface area (Å²) in [5, 5.41) is 31.3. The topological polar surface area (TPSA) is 116 Å². The number of benzene rings is 1. The lowest BCUT2D eigenvalue weighted by molar-refractivity contribution is -0.387. The first-order chi connectivity index (χ1) is 9.90. The lowest BCUT2D eigenvalue weighted by Gasteiger charge is -2.03. The molecule has 110 valence electrons. The summed E-state index contributed by atoms with van der Waals surface area (Å²) >= 11 is 0.875. The molecule has 1 unspecified atom stereocenters. The Labute approximate surface area is 122 Å². The Morgan fingerprint density at radius 1 is 1.19 bits per heavy atom. The smallest absolute Gasteiger partial charge is 0.323 e. The highest BCUT2D eigenvalue weighted by atomic mass is 32.1. The zero-order chi connectivity index (χ0) is 15.6. The number of hydrogen-bond donors (Lipinski definition) is 1. The van der Waals surface area contributed by atoms with Crippen molar-refractivity contribution in [2.24, 2.45) is 0 Å². The van der Waals surface area contributed by atoms with Crippen LogP contribution in [0, 0.1) is 20.2 Å². The van der Waals surface area contributed by atoms with Crippen molar-refractivity contribution in [3.05, 3.63) is 55.4 Å². The van der Waals surface area contributed by atoms with Crippen molar-refractivity contribution >= 4 is 22.7 Å². The number of para-hydroxylation sites is 2. The minimum absolute atomic E-state index is 0.0930. The average Bonchev–Trinajstić information content (AvgIpc) is 2.83. The molecule has 8 nitrogen and oxygen atoms in total. The van der Waals surface area contributed by atoms with E-state index >= 15 is 0 Å². The van der Waals surface area contributed by atoms with E-state index in [0.29, 0.717) is 4.88 Å². The molecule has 0 aliphatic carbocycles. The van der Waals surface area contributed by atoms with Gasteiger partial charge in [0.25, 0.3) is 5.06 Å². The first-order valence-electron chi connectivity index (χ1n) is 5.77. The zero-order valence-electron chi connectivity index (χ0n) is 10.8. The van der Waals surface area contributed by atoms with Crippen LogP contribution in [0.2, 0.25) is 0 Å². The lowest BCUT2D eigenvalue weighted by atomic mass is 10.3. The van der Waals surface area contributed by atoms with Crippen LogP contribution in [0.5, 0.6) is 10.8 Å². The van der Waals surface area contributed by atoms with Gasteiger partial charge in [0.1, 0.15) is 0 Å². The molecule has 1 aromatic heterocycles. The van der Waals surface area contributed by atoms with Gasteiger partial charge in [-0.2, -0.15) is 0 Å². The molecular weight excluding hydrogens is 300 g/mol. The Hall–Kier alpha value is -2.52. The van der Waals surface area contributed by atoms with Crippen molar-refractivity contribution in [3.63, 3.8) is 0 Å². The number of aliphatic hydroxyl groups excluding tert-OH is 1. The maximum absolute atomic E-state index is 11.0. The number of thiophene rings is 1. The van der Waals surface area contributed by atoms with Crippen molar-refractivity contribution in [2.75, 3.05) is 0 Å². The molecule has 1 aromatic carbocycles. The summed E-state index contributed by atoms with van der Waals surface area (Å²) in [7, 11) is 0. The van der Waals surface area contributed by atoms with E-state index in [9.17, 15) is 25.3 Å². The van der Waals surface area contributed by atoms with Crippen LogP contribution in [-0.2, 0) is 0 Å². The minimum Gasteiger partial charge on any atom is -0.433 e. The maximum Gasteiger partial charge on any atom is 0.323 e. The summed E-state index contributed by atoms with van der Waals surface area (Å²) in [5.74, 6) is -0.0930. The van der Waals surface area contributed by atoms with Gasteiger partial charge in [-0.25, -0.2) is 0 Å². The minimum atomic E-state index is -0.892. The number of nitrogens with zero attached hydrogens (tertiary/aromatic N) is 2. The standard InChI is InChI=1S/C12H10N2O6S/c1-7(15)11-6-9(14(18)19)12(21-11)20-10-5-3-2-4-8(10)13(16)17/h2-7,15H,1H3. The Kier molecular flexibility index (Phi) is 4.15. The largest absolute Gasteiger partial charge is 0.433 e. The quantitative estimate of drug-likeness (QED) is 0.668. The molecule has 0 aliphatic heterocycles. The van der Waals surface area contributed by atoms with Crippen molar-refractivity contribution < 1.29 is 19.7 Å². The second-order valence-electron chi connectivity index (χ2n) is 4.08. The molecule has 0 radical (unpaired) electrons.